The zero-order valence-electron chi connectivity index (χ0n) is 6.32. The predicted molar refractivity (Wildman–Crippen MR) is 40.6 cm³/mol. The standard InChI is InChI=1S/C8H7NO3/c10-5-9-3-6-1-2-12-8(11)7(6)4-9/h3-5H,1-2H2. The second-order valence-electron chi connectivity index (χ2n) is 2.64. The van der Waals surface area contributed by atoms with Crippen LogP contribution in [0.4, 0.5) is 0 Å². The molecule has 0 radical (unpaired) electrons. The summed E-state index contributed by atoms with van der Waals surface area (Å²) in [6.07, 6.45) is 4.50. The number of ether oxygens (including phenoxy) is 1. The summed E-state index contributed by atoms with van der Waals surface area (Å²) in [5, 5.41) is 0. The molecule has 0 atom stereocenters. The minimum absolute atomic E-state index is 0.336. The minimum atomic E-state index is -0.336. The number of carbonyl (C=O) groups is 2. The summed E-state index contributed by atoms with van der Waals surface area (Å²) in [6, 6.07) is 0. The van der Waals surface area contributed by atoms with Crippen molar-refractivity contribution < 1.29 is 14.3 Å². The third-order valence-electron chi connectivity index (χ3n) is 1.88. The Labute approximate surface area is 68.7 Å². The van der Waals surface area contributed by atoms with Crippen LogP contribution in [0.3, 0.4) is 0 Å². The van der Waals surface area contributed by atoms with Crippen LogP contribution in [-0.4, -0.2) is 23.6 Å². The largest absolute Gasteiger partial charge is 0.462 e. The molecule has 0 saturated carbocycles. The Balaban J connectivity index is 2.50. The zero-order valence-corrected chi connectivity index (χ0v) is 6.32. The quantitative estimate of drug-likeness (QED) is 0.442. The maximum absolute atomic E-state index is 11.1. The van der Waals surface area contributed by atoms with Crippen LogP contribution in [0.1, 0.15) is 15.9 Å². The fourth-order valence-electron chi connectivity index (χ4n) is 1.29. The highest BCUT2D eigenvalue weighted by Crippen LogP contribution is 2.16. The first-order valence-electron chi connectivity index (χ1n) is 3.64. The lowest BCUT2D eigenvalue weighted by Crippen LogP contribution is -2.15. The van der Waals surface area contributed by atoms with Gasteiger partial charge in [-0.25, -0.2) is 4.79 Å². The number of fused-ring (bicyclic) bond motifs is 1. The lowest BCUT2D eigenvalue weighted by Gasteiger charge is -2.09. The summed E-state index contributed by atoms with van der Waals surface area (Å²) >= 11 is 0. The Kier molecular flexibility index (Phi) is 1.46. The number of nitrogens with zero attached hydrogens (tertiary/aromatic N) is 1. The fraction of sp³-hybridized carbons (Fsp3) is 0.250. The normalized spacial score (nSPS) is 15.2. The molecule has 4 heteroatoms. The second-order valence-corrected chi connectivity index (χ2v) is 2.64. The smallest absolute Gasteiger partial charge is 0.339 e. The van der Waals surface area contributed by atoms with Crippen molar-refractivity contribution >= 4 is 12.4 Å². The zero-order chi connectivity index (χ0) is 8.55. The number of hydrogen-bond donors (Lipinski definition) is 0. The van der Waals surface area contributed by atoms with Gasteiger partial charge in [0.15, 0.2) is 0 Å². The molecule has 2 heterocycles. The van der Waals surface area contributed by atoms with E-state index in [1.807, 2.05) is 0 Å². The molecule has 0 unspecified atom stereocenters. The molecule has 2 rings (SSSR count). The average molecular weight is 165 g/mol. The van der Waals surface area contributed by atoms with Gasteiger partial charge < -0.3 is 4.74 Å². The van der Waals surface area contributed by atoms with E-state index in [4.69, 9.17) is 4.74 Å². The summed E-state index contributed by atoms with van der Waals surface area (Å²) < 4.78 is 6.12. The molecule has 12 heavy (non-hydrogen) atoms. The van der Waals surface area contributed by atoms with Crippen molar-refractivity contribution in [3.8, 4) is 0 Å². The van der Waals surface area contributed by atoms with Gasteiger partial charge in [0.25, 0.3) is 0 Å². The van der Waals surface area contributed by atoms with Crippen LogP contribution < -0.4 is 0 Å². The molecule has 1 aliphatic rings. The van der Waals surface area contributed by atoms with Gasteiger partial charge in [-0.3, -0.25) is 9.36 Å². The Morgan fingerprint density at radius 1 is 1.50 bits per heavy atom. The van der Waals surface area contributed by atoms with Crippen LogP contribution >= 0.6 is 0 Å². The van der Waals surface area contributed by atoms with E-state index in [1.54, 1.807) is 6.20 Å². The van der Waals surface area contributed by atoms with E-state index in [0.717, 1.165) is 5.56 Å². The molecular weight excluding hydrogens is 158 g/mol. The molecular formula is C8H7NO3. The number of esters is 1. The first-order valence-corrected chi connectivity index (χ1v) is 3.64. The summed E-state index contributed by atoms with van der Waals surface area (Å²) in [6.45, 7) is 0.411. The van der Waals surface area contributed by atoms with E-state index in [9.17, 15) is 9.59 Å². The van der Waals surface area contributed by atoms with Crippen LogP contribution in [-0.2, 0) is 16.0 Å². The topological polar surface area (TPSA) is 48.3 Å². The molecule has 62 valence electrons. The molecule has 0 fully saturated rings. The third-order valence-corrected chi connectivity index (χ3v) is 1.88. The fourth-order valence-corrected chi connectivity index (χ4v) is 1.29. The van der Waals surface area contributed by atoms with E-state index in [-0.39, 0.29) is 5.97 Å². The maximum atomic E-state index is 11.1. The van der Waals surface area contributed by atoms with Crippen LogP contribution in [0.5, 0.6) is 0 Å². The number of rotatable bonds is 1. The highest BCUT2D eigenvalue weighted by Gasteiger charge is 2.20. The lowest BCUT2D eigenvalue weighted by atomic mass is 10.1. The molecule has 0 bridgehead atoms. The first kappa shape index (κ1) is 7.09. The minimum Gasteiger partial charge on any atom is -0.462 e. The van der Waals surface area contributed by atoms with Crippen molar-refractivity contribution in [2.24, 2.45) is 0 Å². The molecule has 0 aromatic carbocycles. The monoisotopic (exact) mass is 165 g/mol. The molecule has 1 aromatic heterocycles. The highest BCUT2D eigenvalue weighted by molar-refractivity contribution is 5.92. The van der Waals surface area contributed by atoms with E-state index in [0.29, 0.717) is 25.0 Å². The Morgan fingerprint density at radius 3 is 3.00 bits per heavy atom. The van der Waals surface area contributed by atoms with Gasteiger partial charge in [0.05, 0.1) is 12.2 Å². The molecule has 0 amide bonds. The molecule has 1 aromatic rings. The first-order chi connectivity index (χ1) is 5.81. The van der Waals surface area contributed by atoms with Gasteiger partial charge in [-0.1, -0.05) is 0 Å². The Bertz CT molecular complexity index is 340. The van der Waals surface area contributed by atoms with Crippen LogP contribution in [0.15, 0.2) is 12.4 Å². The molecule has 0 saturated heterocycles. The van der Waals surface area contributed by atoms with Gasteiger partial charge in [-0.15, -0.1) is 0 Å². The van der Waals surface area contributed by atoms with E-state index < -0.39 is 0 Å². The van der Waals surface area contributed by atoms with Crippen LogP contribution in [0.2, 0.25) is 0 Å². The Morgan fingerprint density at radius 2 is 2.33 bits per heavy atom. The van der Waals surface area contributed by atoms with Gasteiger partial charge in [0.2, 0.25) is 6.41 Å². The number of hydrogen-bond acceptors (Lipinski definition) is 3. The predicted octanol–water partition coefficient (Wildman–Crippen LogP) is 0.239. The average Bonchev–Trinajstić information content (AvgIpc) is 2.49. The third kappa shape index (κ3) is 0.922. The van der Waals surface area contributed by atoms with Crippen molar-refractivity contribution in [3.63, 3.8) is 0 Å². The second kappa shape index (κ2) is 2.48. The summed E-state index contributed by atoms with van der Waals surface area (Å²) in [7, 11) is 0. The molecule has 0 aliphatic carbocycles. The van der Waals surface area contributed by atoms with Gasteiger partial charge >= 0.3 is 5.97 Å². The number of aromatic nitrogens is 1. The molecule has 0 N–H and O–H groups in total. The number of carbonyl (C=O) groups excluding carboxylic acids is 2. The lowest BCUT2D eigenvalue weighted by molar-refractivity contribution is 0.0481. The van der Waals surface area contributed by atoms with Gasteiger partial charge in [0.1, 0.15) is 0 Å². The number of cyclic esters (lactones) is 1. The van der Waals surface area contributed by atoms with E-state index in [1.165, 1.54) is 10.8 Å². The summed E-state index contributed by atoms with van der Waals surface area (Å²) in [5.41, 5.74) is 1.40. The van der Waals surface area contributed by atoms with Crippen molar-refractivity contribution in [2.75, 3.05) is 6.61 Å². The SMILES string of the molecule is O=Cn1cc2c(c1)C(=O)OCC2. The summed E-state index contributed by atoms with van der Waals surface area (Å²) in [5.74, 6) is -0.336. The van der Waals surface area contributed by atoms with Crippen LogP contribution in [0, 0.1) is 0 Å². The van der Waals surface area contributed by atoms with E-state index >= 15 is 0 Å². The highest BCUT2D eigenvalue weighted by atomic mass is 16.5. The maximum Gasteiger partial charge on any atom is 0.339 e. The van der Waals surface area contributed by atoms with Gasteiger partial charge in [-0.05, 0) is 5.56 Å². The van der Waals surface area contributed by atoms with Crippen LogP contribution in [0.25, 0.3) is 0 Å². The van der Waals surface area contributed by atoms with Gasteiger partial charge in [-0.2, -0.15) is 0 Å². The molecule has 1 aliphatic heterocycles. The Hall–Kier alpha value is -1.58. The molecule has 4 nitrogen and oxygen atoms in total. The van der Waals surface area contributed by atoms with Gasteiger partial charge in [0, 0.05) is 18.8 Å². The van der Waals surface area contributed by atoms with Crippen molar-refractivity contribution in [2.45, 2.75) is 6.42 Å². The van der Waals surface area contributed by atoms with E-state index in [2.05, 4.69) is 0 Å². The van der Waals surface area contributed by atoms with Crippen molar-refractivity contribution in [1.82, 2.24) is 4.57 Å². The summed E-state index contributed by atoms with van der Waals surface area (Å²) in [4.78, 5) is 21.4. The van der Waals surface area contributed by atoms with Crippen molar-refractivity contribution in [3.05, 3.63) is 23.5 Å². The molecule has 0 spiro atoms. The van der Waals surface area contributed by atoms with Crippen molar-refractivity contribution in [1.29, 1.82) is 0 Å².